The average Bonchev–Trinajstić information content (AvgIpc) is 3.18. The normalized spacial score (nSPS) is 12.6. The predicted octanol–water partition coefficient (Wildman–Crippen LogP) is 2.25. The van der Waals surface area contributed by atoms with Crippen molar-refractivity contribution in [3.63, 3.8) is 0 Å². The molecular formula is C27H30F2N4O6. The Hall–Kier alpha value is -4.48. The summed E-state index contributed by atoms with van der Waals surface area (Å²) in [5, 5.41) is 17.3. The molecule has 3 rings (SSSR count). The number of nitrogens with one attached hydrogen (secondary N) is 3. The fourth-order valence-corrected chi connectivity index (χ4v) is 4.07. The number of hydrogen-bond acceptors (Lipinski definition) is 5. The number of fused-ring (bicyclic) bond motifs is 1. The lowest BCUT2D eigenvalue weighted by atomic mass is 10.0. The third kappa shape index (κ3) is 7.53. The molecule has 208 valence electrons. The van der Waals surface area contributed by atoms with Crippen LogP contribution in [0.15, 0.2) is 48.7 Å². The van der Waals surface area contributed by atoms with E-state index in [1.165, 1.54) is 0 Å². The van der Waals surface area contributed by atoms with Crippen LogP contribution < -0.4 is 20.7 Å². The zero-order chi connectivity index (χ0) is 28.7. The molecule has 0 aliphatic rings. The van der Waals surface area contributed by atoms with E-state index in [1.807, 2.05) is 42.1 Å². The molecule has 1 heterocycles. The first-order valence-corrected chi connectivity index (χ1v) is 12.2. The maximum absolute atomic E-state index is 13.7. The summed E-state index contributed by atoms with van der Waals surface area (Å²) in [6.45, 7) is 2.69. The Bertz CT molecular complexity index is 1350. The molecule has 0 radical (unpaired) electrons. The molecule has 2 unspecified atom stereocenters. The van der Waals surface area contributed by atoms with Gasteiger partial charge in [-0.1, -0.05) is 38.1 Å². The summed E-state index contributed by atoms with van der Waals surface area (Å²) in [4.78, 5) is 49.8. The number of nitrogens with zero attached hydrogens (tertiary/aromatic N) is 1. The highest BCUT2D eigenvalue weighted by Crippen LogP contribution is 2.21. The van der Waals surface area contributed by atoms with Crippen molar-refractivity contribution in [3.05, 3.63) is 65.9 Å². The van der Waals surface area contributed by atoms with Crippen molar-refractivity contribution in [1.29, 1.82) is 0 Å². The predicted molar refractivity (Wildman–Crippen MR) is 138 cm³/mol. The van der Waals surface area contributed by atoms with Gasteiger partial charge in [-0.25, -0.2) is 8.78 Å². The Balaban J connectivity index is 1.64. The van der Waals surface area contributed by atoms with Crippen molar-refractivity contribution >= 4 is 34.6 Å². The fourth-order valence-electron chi connectivity index (χ4n) is 4.07. The standard InChI is InChI=1S/C27H30F2N4O6/c1-15(2)24(32-22(34)11-16-13-33(3)21-10-5-4-7-17(16)21)27(38)31-20(12-23(35)36)26(37)30-14-39-25-18(28)8-6-9-19(25)29/h4-10,13,15,20,24H,11-12,14H2,1-3H3,(H,30,37)(H,31,38)(H,32,34)(H,35,36). The Kier molecular flexibility index (Phi) is 9.58. The zero-order valence-electron chi connectivity index (χ0n) is 21.7. The number of carboxylic acids is 1. The van der Waals surface area contributed by atoms with Gasteiger partial charge in [0.15, 0.2) is 24.1 Å². The second-order valence-electron chi connectivity index (χ2n) is 9.29. The lowest BCUT2D eigenvalue weighted by molar-refractivity contribution is -0.141. The quantitative estimate of drug-likeness (QED) is 0.258. The summed E-state index contributed by atoms with van der Waals surface area (Å²) in [5.41, 5.74) is 1.71. The third-order valence-corrected chi connectivity index (χ3v) is 5.99. The van der Waals surface area contributed by atoms with Gasteiger partial charge in [0, 0.05) is 24.1 Å². The van der Waals surface area contributed by atoms with Crippen LogP contribution in [0.25, 0.3) is 10.9 Å². The summed E-state index contributed by atoms with van der Waals surface area (Å²) >= 11 is 0. The molecule has 0 saturated heterocycles. The zero-order valence-corrected chi connectivity index (χ0v) is 21.7. The van der Waals surface area contributed by atoms with Crippen LogP contribution in [-0.4, -0.2) is 52.2 Å². The van der Waals surface area contributed by atoms with Gasteiger partial charge >= 0.3 is 5.97 Å². The molecule has 0 spiro atoms. The van der Waals surface area contributed by atoms with Crippen molar-refractivity contribution in [2.75, 3.05) is 6.73 Å². The number of carbonyl (C=O) groups is 4. The van der Waals surface area contributed by atoms with Crippen LogP contribution in [0.1, 0.15) is 25.8 Å². The minimum Gasteiger partial charge on any atom is -0.481 e. The van der Waals surface area contributed by atoms with E-state index in [0.717, 1.165) is 34.7 Å². The second kappa shape index (κ2) is 12.9. The summed E-state index contributed by atoms with van der Waals surface area (Å²) in [6, 6.07) is 8.03. The number of ether oxygens (including phenoxy) is 1. The summed E-state index contributed by atoms with van der Waals surface area (Å²) in [6.07, 6.45) is 1.05. The van der Waals surface area contributed by atoms with Crippen LogP contribution in [0.4, 0.5) is 8.78 Å². The van der Waals surface area contributed by atoms with Gasteiger partial charge in [0.25, 0.3) is 0 Å². The number of aryl methyl sites for hydroxylation is 1. The van der Waals surface area contributed by atoms with Crippen molar-refractivity contribution in [1.82, 2.24) is 20.5 Å². The molecular weight excluding hydrogens is 514 g/mol. The molecule has 12 heteroatoms. The van der Waals surface area contributed by atoms with Crippen LogP contribution in [0.2, 0.25) is 0 Å². The summed E-state index contributed by atoms with van der Waals surface area (Å²) < 4.78 is 34.2. The van der Waals surface area contributed by atoms with Crippen LogP contribution in [0.5, 0.6) is 5.75 Å². The molecule has 0 saturated carbocycles. The summed E-state index contributed by atoms with van der Waals surface area (Å²) in [5.74, 6) is -6.62. The smallest absolute Gasteiger partial charge is 0.305 e. The topological polar surface area (TPSA) is 139 Å². The Morgan fingerprint density at radius 1 is 0.974 bits per heavy atom. The van der Waals surface area contributed by atoms with Gasteiger partial charge < -0.3 is 30.4 Å². The average molecular weight is 545 g/mol. The van der Waals surface area contributed by atoms with Gasteiger partial charge in [0.1, 0.15) is 12.1 Å². The van der Waals surface area contributed by atoms with Gasteiger partial charge in [-0.05, 0) is 29.7 Å². The lowest BCUT2D eigenvalue weighted by Gasteiger charge is -2.24. The Morgan fingerprint density at radius 3 is 2.28 bits per heavy atom. The monoisotopic (exact) mass is 544 g/mol. The molecule has 0 aliphatic carbocycles. The Labute approximate surface area is 223 Å². The number of halogens is 2. The van der Waals surface area contributed by atoms with Gasteiger partial charge in [0.2, 0.25) is 17.7 Å². The van der Waals surface area contributed by atoms with E-state index in [9.17, 15) is 33.1 Å². The molecule has 0 fully saturated rings. The highest BCUT2D eigenvalue weighted by Gasteiger charge is 2.30. The molecule has 3 aromatic rings. The number of rotatable bonds is 12. The maximum Gasteiger partial charge on any atom is 0.305 e. The largest absolute Gasteiger partial charge is 0.481 e. The molecule has 0 aliphatic heterocycles. The van der Waals surface area contributed by atoms with Gasteiger partial charge in [0.05, 0.1) is 12.8 Å². The molecule has 39 heavy (non-hydrogen) atoms. The van der Waals surface area contributed by atoms with Crippen molar-refractivity contribution < 1.29 is 37.8 Å². The minimum absolute atomic E-state index is 0.000831. The van der Waals surface area contributed by atoms with E-state index >= 15 is 0 Å². The highest BCUT2D eigenvalue weighted by molar-refractivity contribution is 5.95. The number of para-hydroxylation sites is 2. The van der Waals surface area contributed by atoms with Crippen LogP contribution >= 0.6 is 0 Å². The number of amides is 3. The highest BCUT2D eigenvalue weighted by atomic mass is 19.1. The van der Waals surface area contributed by atoms with E-state index in [2.05, 4.69) is 16.0 Å². The van der Waals surface area contributed by atoms with Crippen molar-refractivity contribution in [3.8, 4) is 5.75 Å². The molecule has 3 amide bonds. The first-order valence-electron chi connectivity index (χ1n) is 12.2. The second-order valence-corrected chi connectivity index (χ2v) is 9.29. The van der Waals surface area contributed by atoms with E-state index in [4.69, 9.17) is 4.74 Å². The van der Waals surface area contributed by atoms with Crippen LogP contribution in [0, 0.1) is 17.6 Å². The molecule has 2 aromatic carbocycles. The van der Waals surface area contributed by atoms with Crippen molar-refractivity contribution in [2.45, 2.75) is 38.8 Å². The van der Waals surface area contributed by atoms with Gasteiger partial charge in [-0.2, -0.15) is 0 Å². The fraction of sp³-hybridized carbons (Fsp3) is 0.333. The number of aliphatic carboxylic acids is 1. The molecule has 2 atom stereocenters. The lowest BCUT2D eigenvalue weighted by Crippen LogP contribution is -2.56. The number of aromatic nitrogens is 1. The van der Waals surface area contributed by atoms with E-state index in [1.54, 1.807) is 13.8 Å². The van der Waals surface area contributed by atoms with Crippen LogP contribution in [-0.2, 0) is 32.6 Å². The molecule has 1 aromatic heterocycles. The van der Waals surface area contributed by atoms with E-state index < -0.39 is 72.2 Å². The van der Waals surface area contributed by atoms with E-state index in [-0.39, 0.29) is 6.42 Å². The first-order chi connectivity index (χ1) is 18.5. The summed E-state index contributed by atoms with van der Waals surface area (Å²) in [7, 11) is 1.86. The Morgan fingerprint density at radius 2 is 1.64 bits per heavy atom. The van der Waals surface area contributed by atoms with Gasteiger partial charge in [-0.15, -0.1) is 0 Å². The SMILES string of the molecule is CC(C)C(NC(=O)Cc1cn(C)c2ccccc12)C(=O)NC(CC(=O)O)C(=O)NCOc1c(F)cccc1F. The minimum atomic E-state index is -1.54. The first kappa shape index (κ1) is 29.1. The number of hydrogen-bond donors (Lipinski definition) is 4. The van der Waals surface area contributed by atoms with Crippen LogP contribution in [0.3, 0.4) is 0 Å². The number of carbonyl (C=O) groups excluding carboxylic acids is 3. The molecule has 4 N–H and O–H groups in total. The number of benzene rings is 2. The molecule has 10 nitrogen and oxygen atoms in total. The van der Waals surface area contributed by atoms with Crippen molar-refractivity contribution in [2.24, 2.45) is 13.0 Å². The number of carboxylic acid groups (broad SMARTS) is 1. The third-order valence-electron chi connectivity index (χ3n) is 5.99. The van der Waals surface area contributed by atoms with E-state index in [0.29, 0.717) is 0 Å². The maximum atomic E-state index is 13.7. The molecule has 0 bridgehead atoms. The van der Waals surface area contributed by atoms with Gasteiger partial charge in [-0.3, -0.25) is 19.2 Å².